The van der Waals surface area contributed by atoms with Crippen molar-refractivity contribution in [2.45, 2.75) is 64.2 Å². The van der Waals surface area contributed by atoms with E-state index < -0.39 is 11.9 Å². The largest absolute Gasteiger partial charge is 0.497 e. The van der Waals surface area contributed by atoms with Crippen LogP contribution in [0.2, 0.25) is 0 Å². The average Bonchev–Trinajstić information content (AvgIpc) is 3.13. The van der Waals surface area contributed by atoms with E-state index in [1.54, 1.807) is 19.2 Å². The zero-order valence-corrected chi connectivity index (χ0v) is 21.2. The predicted octanol–water partition coefficient (Wildman–Crippen LogP) is 6.90. The maximum atomic E-state index is 13.3. The number of rotatable bonds is 7. The summed E-state index contributed by atoms with van der Waals surface area (Å²) in [4.78, 5) is 25.2. The number of unbranched alkanes of at least 4 members (excludes halogenated alkanes) is 1. The number of aryl methyl sites for hydroxylation is 1. The predicted molar refractivity (Wildman–Crippen MR) is 137 cm³/mol. The summed E-state index contributed by atoms with van der Waals surface area (Å²) < 4.78 is 24.0. The van der Waals surface area contributed by atoms with Crippen molar-refractivity contribution in [1.82, 2.24) is 0 Å². The maximum absolute atomic E-state index is 13.3. The van der Waals surface area contributed by atoms with Crippen LogP contribution in [0.15, 0.2) is 42.5 Å². The highest BCUT2D eigenvalue weighted by molar-refractivity contribution is 5.87. The zero-order chi connectivity index (χ0) is 25.3. The number of hydrogen-bond donors (Lipinski definition) is 1. The highest BCUT2D eigenvalue weighted by Crippen LogP contribution is 2.62. The summed E-state index contributed by atoms with van der Waals surface area (Å²) in [5, 5.41) is 2.56. The van der Waals surface area contributed by atoms with Crippen molar-refractivity contribution < 1.29 is 23.5 Å². The molecule has 5 atom stereocenters. The van der Waals surface area contributed by atoms with E-state index in [0.29, 0.717) is 48.2 Å². The van der Waals surface area contributed by atoms with Crippen molar-refractivity contribution in [2.24, 2.45) is 23.2 Å². The molecule has 3 aliphatic rings. The summed E-state index contributed by atoms with van der Waals surface area (Å²) in [6, 6.07) is 12.3. The minimum atomic E-state index is -0.572. The first-order valence-corrected chi connectivity index (χ1v) is 13.3. The van der Waals surface area contributed by atoms with Gasteiger partial charge in [-0.15, -0.1) is 0 Å². The Morgan fingerprint density at radius 1 is 1.17 bits per heavy atom. The van der Waals surface area contributed by atoms with Crippen LogP contribution in [0.1, 0.15) is 68.9 Å². The molecule has 0 aliphatic heterocycles. The van der Waals surface area contributed by atoms with Crippen LogP contribution in [0.4, 0.5) is 14.9 Å². The van der Waals surface area contributed by atoms with Crippen LogP contribution < -0.4 is 10.1 Å². The molecule has 0 bridgehead atoms. The number of benzene rings is 2. The van der Waals surface area contributed by atoms with Gasteiger partial charge in [-0.3, -0.25) is 10.1 Å². The number of hydrogen-bond acceptors (Lipinski definition) is 4. The van der Waals surface area contributed by atoms with E-state index in [4.69, 9.17) is 9.47 Å². The van der Waals surface area contributed by atoms with Crippen molar-refractivity contribution in [3.05, 3.63) is 59.4 Å². The number of ether oxygens (including phenoxy) is 2. The lowest BCUT2D eigenvalue weighted by Gasteiger charge is -2.50. The van der Waals surface area contributed by atoms with Gasteiger partial charge in [-0.25, -0.2) is 9.18 Å². The van der Waals surface area contributed by atoms with Gasteiger partial charge in [-0.05, 0) is 110 Å². The van der Waals surface area contributed by atoms with E-state index in [1.807, 2.05) is 0 Å². The summed E-state index contributed by atoms with van der Waals surface area (Å²) in [5.41, 5.74) is 3.05. The molecule has 0 heterocycles. The van der Waals surface area contributed by atoms with Gasteiger partial charge in [0.15, 0.2) is 0 Å². The number of carbonyl (C=O) groups is 2. The van der Waals surface area contributed by atoms with Crippen LogP contribution in [-0.2, 0) is 16.0 Å². The second-order valence-electron chi connectivity index (χ2n) is 11.0. The third-order valence-electron chi connectivity index (χ3n) is 9.05. The van der Waals surface area contributed by atoms with Crippen molar-refractivity contribution in [2.75, 3.05) is 19.0 Å². The fourth-order valence-corrected chi connectivity index (χ4v) is 7.40. The number of carbonyl (C=O) groups excluding carboxylic acids is 2. The molecule has 5 rings (SSSR count). The fourth-order valence-electron chi connectivity index (χ4n) is 7.40. The van der Waals surface area contributed by atoms with E-state index in [0.717, 1.165) is 50.7 Å². The highest BCUT2D eigenvalue weighted by atomic mass is 19.1. The molecular weight excluding hydrogens is 457 g/mol. The van der Waals surface area contributed by atoms with Crippen LogP contribution in [-0.4, -0.2) is 25.6 Å². The topological polar surface area (TPSA) is 64.6 Å². The van der Waals surface area contributed by atoms with Gasteiger partial charge in [0.25, 0.3) is 0 Å². The molecule has 5 nitrogen and oxygen atoms in total. The number of ketones is 1. The van der Waals surface area contributed by atoms with Crippen molar-refractivity contribution in [3.8, 4) is 5.75 Å². The van der Waals surface area contributed by atoms with Gasteiger partial charge in [-0.2, -0.15) is 0 Å². The average molecular weight is 494 g/mol. The van der Waals surface area contributed by atoms with Gasteiger partial charge < -0.3 is 9.47 Å². The Bertz CT molecular complexity index is 1130. The number of fused-ring (bicyclic) bond motifs is 5. The summed E-state index contributed by atoms with van der Waals surface area (Å²) in [7, 11) is 1.72. The van der Waals surface area contributed by atoms with E-state index in [1.165, 1.54) is 23.3 Å². The number of amides is 1. The second kappa shape index (κ2) is 10.2. The standard InChI is InChI=1S/C30H36FNO4/c1-30-14-13-25-24-12-10-23(35-2)16-19(24)9-11-26(25)28(30)20(17-27(30)33)6-3-4-15-36-29(34)32-22-8-5-7-21(31)18-22/h5,7-8,10,12,16,18,20,25-26,28H,3-4,6,9,11,13-15,17H2,1-2H3,(H,32,34)/t20-,25-,26-,28+,30-/m1/s1. The van der Waals surface area contributed by atoms with Gasteiger partial charge in [0, 0.05) is 17.5 Å². The number of methoxy groups -OCH3 is 1. The second-order valence-corrected chi connectivity index (χ2v) is 11.0. The minimum Gasteiger partial charge on any atom is -0.497 e. The third-order valence-corrected chi connectivity index (χ3v) is 9.05. The molecule has 0 unspecified atom stereocenters. The van der Waals surface area contributed by atoms with Gasteiger partial charge >= 0.3 is 6.09 Å². The number of anilines is 1. The van der Waals surface area contributed by atoms with Crippen molar-refractivity contribution in [3.63, 3.8) is 0 Å². The van der Waals surface area contributed by atoms with Crippen LogP contribution >= 0.6 is 0 Å². The lowest BCUT2D eigenvalue weighted by Crippen LogP contribution is -2.44. The molecule has 0 spiro atoms. The fraction of sp³-hybridized carbons (Fsp3) is 0.533. The van der Waals surface area contributed by atoms with Crippen molar-refractivity contribution >= 4 is 17.6 Å². The summed E-state index contributed by atoms with van der Waals surface area (Å²) in [6.45, 7) is 2.53. The van der Waals surface area contributed by atoms with Gasteiger partial charge in [-0.1, -0.05) is 19.1 Å². The van der Waals surface area contributed by atoms with E-state index in [9.17, 15) is 14.0 Å². The molecule has 0 aromatic heterocycles. The van der Waals surface area contributed by atoms with Crippen LogP contribution in [0.5, 0.6) is 5.75 Å². The third kappa shape index (κ3) is 4.74. The van der Waals surface area contributed by atoms with Crippen LogP contribution in [0.3, 0.4) is 0 Å². The van der Waals surface area contributed by atoms with Crippen molar-refractivity contribution in [1.29, 1.82) is 0 Å². The Morgan fingerprint density at radius 2 is 2.03 bits per heavy atom. The number of Topliss-reactive ketones (excluding diaryl/α,β-unsaturated/α-hetero) is 1. The molecule has 0 saturated heterocycles. The molecule has 2 saturated carbocycles. The van der Waals surface area contributed by atoms with E-state index in [-0.39, 0.29) is 5.41 Å². The maximum Gasteiger partial charge on any atom is 0.411 e. The first-order valence-electron chi connectivity index (χ1n) is 13.3. The molecule has 2 fully saturated rings. The summed E-state index contributed by atoms with van der Waals surface area (Å²) in [5.74, 6) is 2.87. The number of halogens is 1. The minimum absolute atomic E-state index is 0.197. The Kier molecular flexibility index (Phi) is 7.05. The molecule has 3 aliphatic carbocycles. The van der Waals surface area contributed by atoms with Crippen LogP contribution in [0, 0.1) is 29.0 Å². The lowest BCUT2D eigenvalue weighted by molar-refractivity contribution is -0.129. The molecular formula is C30H36FNO4. The lowest BCUT2D eigenvalue weighted by atomic mass is 9.54. The molecule has 2 aromatic carbocycles. The Labute approximate surface area is 212 Å². The molecule has 192 valence electrons. The van der Waals surface area contributed by atoms with Gasteiger partial charge in [0.05, 0.1) is 13.7 Å². The summed E-state index contributed by atoms with van der Waals surface area (Å²) in [6.07, 6.45) is 7.02. The molecule has 1 N–H and O–H groups in total. The molecule has 36 heavy (non-hydrogen) atoms. The summed E-state index contributed by atoms with van der Waals surface area (Å²) >= 11 is 0. The smallest absolute Gasteiger partial charge is 0.411 e. The zero-order valence-electron chi connectivity index (χ0n) is 21.2. The van der Waals surface area contributed by atoms with E-state index >= 15 is 0 Å². The highest BCUT2D eigenvalue weighted by Gasteiger charge is 2.58. The monoisotopic (exact) mass is 493 g/mol. The molecule has 1 amide bonds. The normalized spacial score (nSPS) is 28.6. The van der Waals surface area contributed by atoms with E-state index in [2.05, 4.69) is 30.4 Å². The first kappa shape index (κ1) is 24.8. The van der Waals surface area contributed by atoms with Gasteiger partial charge in [0.2, 0.25) is 0 Å². The molecule has 0 radical (unpaired) electrons. The molecule has 2 aromatic rings. The van der Waals surface area contributed by atoms with Crippen LogP contribution in [0.25, 0.3) is 0 Å². The quantitative estimate of drug-likeness (QED) is 0.426. The Hall–Kier alpha value is -2.89. The SMILES string of the molecule is COc1ccc2c(c1)CC[C@H]1[C@@H]3[C@H](CCCCOC(=O)Nc4cccc(F)c4)CC(=O)[C@@]3(C)CC[C@H]21. The van der Waals surface area contributed by atoms with Gasteiger partial charge in [0.1, 0.15) is 17.3 Å². The molecule has 6 heteroatoms. The Balaban J connectivity index is 1.17. The Morgan fingerprint density at radius 3 is 2.83 bits per heavy atom. The first-order chi connectivity index (χ1) is 17.4. The number of nitrogens with one attached hydrogen (secondary N) is 1.